The van der Waals surface area contributed by atoms with Crippen LogP contribution >= 0.6 is 0 Å². The molecule has 0 bridgehead atoms. The second-order valence-corrected chi connectivity index (χ2v) is 6.56. The number of hydrogen-bond donors (Lipinski definition) is 2. The van der Waals surface area contributed by atoms with Gasteiger partial charge in [-0.2, -0.15) is 0 Å². The van der Waals surface area contributed by atoms with Crippen molar-refractivity contribution in [3.8, 4) is 0 Å². The normalized spacial score (nSPS) is 19.3. The Morgan fingerprint density at radius 3 is 2.33 bits per heavy atom. The van der Waals surface area contributed by atoms with Crippen molar-refractivity contribution in [3.05, 3.63) is 0 Å². The highest BCUT2D eigenvalue weighted by atomic mass is 16.3. The van der Waals surface area contributed by atoms with Crippen LogP contribution in [-0.2, 0) is 0 Å². The Balaban J connectivity index is 1.89. The average molecular weight is 255 g/mol. The molecule has 108 valence electrons. The predicted octanol–water partition coefficient (Wildman–Crippen LogP) is 3.88. The largest absolute Gasteiger partial charge is 0.389 e. The summed E-state index contributed by atoms with van der Waals surface area (Å²) in [5.74, 6) is 0.851. The third kappa shape index (κ3) is 7.38. The maximum atomic E-state index is 10.3. The van der Waals surface area contributed by atoms with Gasteiger partial charge in [-0.1, -0.05) is 58.8 Å². The average Bonchev–Trinajstić information content (AvgIpc) is 2.33. The van der Waals surface area contributed by atoms with Gasteiger partial charge >= 0.3 is 0 Å². The summed E-state index contributed by atoms with van der Waals surface area (Å²) in [6.07, 6.45) is 12.4. The minimum Gasteiger partial charge on any atom is -0.389 e. The van der Waals surface area contributed by atoms with E-state index in [1.807, 2.05) is 0 Å². The van der Waals surface area contributed by atoms with Gasteiger partial charge in [0.2, 0.25) is 0 Å². The number of hydrogen-bond acceptors (Lipinski definition) is 2. The molecular weight excluding hydrogens is 222 g/mol. The van der Waals surface area contributed by atoms with Crippen LogP contribution in [-0.4, -0.2) is 23.8 Å². The van der Waals surface area contributed by atoms with E-state index in [0.29, 0.717) is 0 Å². The monoisotopic (exact) mass is 255 g/mol. The van der Waals surface area contributed by atoms with Crippen LogP contribution in [0, 0.1) is 5.92 Å². The molecule has 0 aromatic rings. The van der Waals surface area contributed by atoms with Crippen LogP contribution in [0.25, 0.3) is 0 Å². The highest BCUT2D eigenvalue weighted by Crippen LogP contribution is 2.27. The fourth-order valence-electron chi connectivity index (χ4n) is 2.86. The molecule has 0 atom stereocenters. The van der Waals surface area contributed by atoms with Crippen LogP contribution in [0.4, 0.5) is 0 Å². The van der Waals surface area contributed by atoms with Crippen molar-refractivity contribution in [2.75, 3.05) is 13.1 Å². The van der Waals surface area contributed by atoms with Gasteiger partial charge in [0.1, 0.15) is 0 Å². The first-order valence-corrected chi connectivity index (χ1v) is 8.05. The minimum absolute atomic E-state index is 0.393. The van der Waals surface area contributed by atoms with E-state index in [2.05, 4.69) is 19.2 Å². The van der Waals surface area contributed by atoms with Crippen molar-refractivity contribution in [3.63, 3.8) is 0 Å². The topological polar surface area (TPSA) is 32.3 Å². The van der Waals surface area contributed by atoms with Crippen LogP contribution in [0.15, 0.2) is 0 Å². The van der Waals surface area contributed by atoms with E-state index < -0.39 is 5.60 Å². The van der Waals surface area contributed by atoms with Crippen molar-refractivity contribution in [1.29, 1.82) is 0 Å². The Kier molecular flexibility index (Phi) is 7.92. The molecule has 1 aliphatic rings. The van der Waals surface area contributed by atoms with Gasteiger partial charge in [-0.25, -0.2) is 0 Å². The van der Waals surface area contributed by atoms with Gasteiger partial charge in [-0.15, -0.1) is 0 Å². The maximum absolute atomic E-state index is 10.3. The summed E-state index contributed by atoms with van der Waals surface area (Å²) >= 11 is 0. The lowest BCUT2D eigenvalue weighted by Crippen LogP contribution is -2.42. The lowest BCUT2D eigenvalue weighted by Gasteiger charge is -2.32. The van der Waals surface area contributed by atoms with Crippen molar-refractivity contribution >= 4 is 0 Å². The molecule has 1 saturated carbocycles. The molecule has 0 unspecified atom stereocenters. The lowest BCUT2D eigenvalue weighted by atomic mass is 9.85. The van der Waals surface area contributed by atoms with Gasteiger partial charge in [0.25, 0.3) is 0 Å². The molecule has 0 aromatic carbocycles. The number of unbranched alkanes of at least 4 members (excludes halogenated alkanes) is 3. The smallest absolute Gasteiger partial charge is 0.0771 e. The SMILES string of the molecule is CC(C)CCCCCCNCC1(O)CCCCC1. The molecule has 0 aromatic heterocycles. The third-order valence-electron chi connectivity index (χ3n) is 4.12. The molecule has 2 N–H and O–H groups in total. The quantitative estimate of drug-likeness (QED) is 0.613. The van der Waals surface area contributed by atoms with Gasteiger partial charge < -0.3 is 10.4 Å². The lowest BCUT2D eigenvalue weighted by molar-refractivity contribution is 0.00503. The van der Waals surface area contributed by atoms with E-state index in [4.69, 9.17) is 0 Å². The number of nitrogens with one attached hydrogen (secondary N) is 1. The fraction of sp³-hybridized carbons (Fsp3) is 1.00. The Hall–Kier alpha value is -0.0800. The van der Waals surface area contributed by atoms with E-state index in [1.165, 1.54) is 51.4 Å². The van der Waals surface area contributed by atoms with Crippen LogP contribution < -0.4 is 5.32 Å². The minimum atomic E-state index is -0.393. The molecule has 1 aliphatic carbocycles. The first kappa shape index (κ1) is 16.0. The van der Waals surface area contributed by atoms with E-state index in [-0.39, 0.29) is 0 Å². The molecule has 1 fully saturated rings. The Morgan fingerprint density at radius 1 is 1.00 bits per heavy atom. The zero-order valence-electron chi connectivity index (χ0n) is 12.5. The molecular formula is C16H33NO. The van der Waals surface area contributed by atoms with Crippen LogP contribution in [0.3, 0.4) is 0 Å². The van der Waals surface area contributed by atoms with Gasteiger partial charge in [-0.05, 0) is 31.7 Å². The van der Waals surface area contributed by atoms with E-state index in [9.17, 15) is 5.11 Å². The summed E-state index contributed by atoms with van der Waals surface area (Å²) in [5, 5.41) is 13.8. The highest BCUT2D eigenvalue weighted by molar-refractivity contribution is 4.84. The summed E-state index contributed by atoms with van der Waals surface area (Å²) in [5.41, 5.74) is -0.393. The molecule has 18 heavy (non-hydrogen) atoms. The molecule has 0 saturated heterocycles. The second-order valence-electron chi connectivity index (χ2n) is 6.56. The molecule has 0 heterocycles. The zero-order valence-corrected chi connectivity index (χ0v) is 12.5. The second kappa shape index (κ2) is 8.92. The molecule has 1 rings (SSSR count). The molecule has 2 nitrogen and oxygen atoms in total. The molecule has 0 aliphatic heterocycles. The van der Waals surface area contributed by atoms with Gasteiger partial charge in [0.05, 0.1) is 5.60 Å². The standard InChI is InChI=1S/C16H33NO/c1-15(2)10-6-3-4-9-13-17-14-16(18)11-7-5-8-12-16/h15,17-18H,3-14H2,1-2H3. The van der Waals surface area contributed by atoms with Gasteiger partial charge in [0.15, 0.2) is 0 Å². The third-order valence-corrected chi connectivity index (χ3v) is 4.12. The number of rotatable bonds is 9. The van der Waals surface area contributed by atoms with E-state index in [1.54, 1.807) is 0 Å². The van der Waals surface area contributed by atoms with E-state index in [0.717, 1.165) is 31.8 Å². The summed E-state index contributed by atoms with van der Waals surface area (Å²) in [7, 11) is 0. The van der Waals surface area contributed by atoms with Crippen molar-refractivity contribution in [2.45, 2.75) is 83.7 Å². The molecule has 0 spiro atoms. The van der Waals surface area contributed by atoms with Crippen LogP contribution in [0.5, 0.6) is 0 Å². The number of aliphatic hydroxyl groups is 1. The summed E-state index contributed by atoms with van der Waals surface area (Å²) in [6.45, 7) is 6.47. The fourth-order valence-corrected chi connectivity index (χ4v) is 2.86. The van der Waals surface area contributed by atoms with Crippen molar-refractivity contribution in [2.24, 2.45) is 5.92 Å². The van der Waals surface area contributed by atoms with E-state index >= 15 is 0 Å². The Bertz CT molecular complexity index is 197. The van der Waals surface area contributed by atoms with Gasteiger partial charge in [-0.3, -0.25) is 0 Å². The summed E-state index contributed by atoms with van der Waals surface area (Å²) in [6, 6.07) is 0. The molecule has 0 radical (unpaired) electrons. The van der Waals surface area contributed by atoms with Gasteiger partial charge in [0, 0.05) is 6.54 Å². The predicted molar refractivity (Wildman–Crippen MR) is 78.8 cm³/mol. The first-order chi connectivity index (χ1) is 8.62. The highest BCUT2D eigenvalue weighted by Gasteiger charge is 2.28. The maximum Gasteiger partial charge on any atom is 0.0771 e. The summed E-state index contributed by atoms with van der Waals surface area (Å²) < 4.78 is 0. The Morgan fingerprint density at radius 2 is 1.67 bits per heavy atom. The zero-order chi connectivity index (χ0) is 13.3. The Labute approximate surface area is 114 Å². The molecule has 0 amide bonds. The van der Waals surface area contributed by atoms with Crippen LogP contribution in [0.1, 0.15) is 78.1 Å². The van der Waals surface area contributed by atoms with Crippen molar-refractivity contribution in [1.82, 2.24) is 5.32 Å². The summed E-state index contributed by atoms with van der Waals surface area (Å²) in [4.78, 5) is 0. The van der Waals surface area contributed by atoms with Crippen LogP contribution in [0.2, 0.25) is 0 Å². The van der Waals surface area contributed by atoms with Crippen molar-refractivity contribution < 1.29 is 5.11 Å². The molecule has 2 heteroatoms. The first-order valence-electron chi connectivity index (χ1n) is 8.05.